The van der Waals surface area contributed by atoms with Gasteiger partial charge in [0, 0.05) is 0 Å². The normalized spacial score (nSPS) is 11.0. The fourth-order valence-corrected chi connectivity index (χ4v) is 5.22. The van der Waals surface area contributed by atoms with Crippen LogP contribution in [-0.4, -0.2) is 0 Å². The molecule has 0 spiro atoms. The SMILES string of the molecule is c1ccc(-c2ccccc2)cc1.c1ccc2c(c1)Cc1ccccc1-2.c1ccc2cc3ccccc3cc2c1. The first kappa shape index (κ1) is 24.4. The van der Waals surface area contributed by atoms with Crippen LogP contribution in [0.15, 0.2) is 170 Å². The number of fused-ring (bicyclic) bond motifs is 5. The summed E-state index contributed by atoms with van der Waals surface area (Å²) in [5.41, 5.74) is 8.31. The van der Waals surface area contributed by atoms with Gasteiger partial charge in [0.15, 0.2) is 0 Å². The highest BCUT2D eigenvalue weighted by Crippen LogP contribution is 2.35. The molecule has 0 aromatic heterocycles. The average molecular weight is 499 g/mol. The van der Waals surface area contributed by atoms with E-state index < -0.39 is 0 Å². The molecule has 0 radical (unpaired) electrons. The summed E-state index contributed by atoms with van der Waals surface area (Å²) in [6.07, 6.45) is 1.10. The maximum atomic E-state index is 2.24. The molecule has 0 saturated carbocycles. The predicted molar refractivity (Wildman–Crippen MR) is 168 cm³/mol. The molecule has 0 aliphatic heterocycles. The molecule has 0 saturated heterocycles. The van der Waals surface area contributed by atoms with Crippen LogP contribution in [0.1, 0.15) is 11.1 Å². The fourth-order valence-electron chi connectivity index (χ4n) is 5.22. The first-order valence-electron chi connectivity index (χ1n) is 13.5. The molecule has 8 rings (SSSR count). The van der Waals surface area contributed by atoms with Gasteiger partial charge < -0.3 is 0 Å². The third kappa shape index (κ3) is 5.66. The average Bonchev–Trinajstić information content (AvgIpc) is 3.40. The molecule has 1 aliphatic rings. The molecule has 0 nitrogen and oxygen atoms in total. The Bertz CT molecular complexity index is 1630. The summed E-state index contributed by atoms with van der Waals surface area (Å²) in [6, 6.07) is 59.5. The van der Waals surface area contributed by atoms with Crippen molar-refractivity contribution in [2.24, 2.45) is 0 Å². The maximum absolute atomic E-state index is 2.24. The zero-order chi connectivity index (χ0) is 26.3. The molecule has 0 atom stereocenters. The second kappa shape index (κ2) is 11.6. The van der Waals surface area contributed by atoms with Crippen LogP contribution >= 0.6 is 0 Å². The highest BCUT2D eigenvalue weighted by Gasteiger charge is 2.15. The van der Waals surface area contributed by atoms with E-state index in [2.05, 4.69) is 158 Å². The van der Waals surface area contributed by atoms with Crippen LogP contribution in [0, 0.1) is 0 Å². The lowest BCUT2D eigenvalue weighted by Crippen LogP contribution is -1.77. The topological polar surface area (TPSA) is 0 Å². The van der Waals surface area contributed by atoms with Gasteiger partial charge in [-0.25, -0.2) is 0 Å². The fraction of sp³-hybridized carbons (Fsp3) is 0.0256. The molecule has 1 aliphatic carbocycles. The summed E-state index contributed by atoms with van der Waals surface area (Å²) in [7, 11) is 0. The predicted octanol–water partition coefficient (Wildman–Crippen LogP) is 10.6. The van der Waals surface area contributed by atoms with Gasteiger partial charge in [-0.05, 0) is 73.5 Å². The van der Waals surface area contributed by atoms with Gasteiger partial charge in [0.2, 0.25) is 0 Å². The molecule has 0 fully saturated rings. The lowest BCUT2D eigenvalue weighted by atomic mass is 10.0. The van der Waals surface area contributed by atoms with Crippen LogP contribution in [0.4, 0.5) is 0 Å². The van der Waals surface area contributed by atoms with Crippen LogP contribution < -0.4 is 0 Å². The smallest absolute Gasteiger partial charge is 0.00135 e. The zero-order valence-electron chi connectivity index (χ0n) is 21.9. The Labute approximate surface area is 230 Å². The lowest BCUT2D eigenvalue weighted by molar-refractivity contribution is 1.26. The Morgan fingerprint density at radius 1 is 0.282 bits per heavy atom. The van der Waals surface area contributed by atoms with Crippen molar-refractivity contribution in [2.45, 2.75) is 6.42 Å². The monoisotopic (exact) mass is 498 g/mol. The number of hydrogen-bond acceptors (Lipinski definition) is 0. The van der Waals surface area contributed by atoms with Crippen molar-refractivity contribution in [3.05, 3.63) is 181 Å². The first-order valence-corrected chi connectivity index (χ1v) is 13.5. The number of hydrogen-bond donors (Lipinski definition) is 0. The Morgan fingerprint density at radius 2 is 0.590 bits per heavy atom. The van der Waals surface area contributed by atoms with Crippen molar-refractivity contribution < 1.29 is 0 Å². The Hall–Kier alpha value is -4.94. The van der Waals surface area contributed by atoms with E-state index in [-0.39, 0.29) is 0 Å². The van der Waals surface area contributed by atoms with Crippen molar-refractivity contribution >= 4 is 21.5 Å². The van der Waals surface area contributed by atoms with Gasteiger partial charge in [-0.2, -0.15) is 0 Å². The molecular weight excluding hydrogens is 468 g/mol. The second-order valence-corrected chi connectivity index (χ2v) is 9.77. The summed E-state index contributed by atoms with van der Waals surface area (Å²) in [5, 5.41) is 5.25. The van der Waals surface area contributed by atoms with Gasteiger partial charge in [0.05, 0.1) is 0 Å². The van der Waals surface area contributed by atoms with E-state index in [1.807, 2.05) is 12.1 Å². The lowest BCUT2D eigenvalue weighted by Gasteiger charge is -2.00. The summed E-state index contributed by atoms with van der Waals surface area (Å²) < 4.78 is 0. The largest absolute Gasteiger partial charge is 0.0622 e. The first-order chi connectivity index (χ1) is 19.3. The molecule has 0 bridgehead atoms. The van der Waals surface area contributed by atoms with Crippen molar-refractivity contribution in [1.29, 1.82) is 0 Å². The van der Waals surface area contributed by atoms with Crippen LogP contribution in [0.3, 0.4) is 0 Å². The Morgan fingerprint density at radius 3 is 0.974 bits per heavy atom. The van der Waals surface area contributed by atoms with E-state index in [9.17, 15) is 0 Å². The third-order valence-corrected chi connectivity index (χ3v) is 7.20. The summed E-state index contributed by atoms with van der Waals surface area (Å²) in [6.45, 7) is 0. The Balaban J connectivity index is 0.000000107. The molecule has 0 unspecified atom stereocenters. The standard InChI is InChI=1S/C14H10.C13H10.C12H10/c1-2-6-12-10-14-8-4-3-7-13(14)9-11(12)5-1;1-3-7-12-10(5-1)9-11-6-2-4-8-13(11)12;1-3-7-11(8-4-1)12-9-5-2-6-10-12/h1-10H;1-8H,9H2;1-10H. The van der Waals surface area contributed by atoms with Crippen LogP contribution in [0.2, 0.25) is 0 Å². The van der Waals surface area contributed by atoms with Gasteiger partial charge in [-0.1, -0.05) is 158 Å². The van der Waals surface area contributed by atoms with Crippen molar-refractivity contribution in [3.8, 4) is 22.3 Å². The highest BCUT2D eigenvalue weighted by atomic mass is 14.2. The minimum Gasteiger partial charge on any atom is -0.0622 e. The quantitative estimate of drug-likeness (QED) is 0.197. The maximum Gasteiger partial charge on any atom is -0.00135 e. The number of rotatable bonds is 1. The summed E-state index contributed by atoms with van der Waals surface area (Å²) in [5.74, 6) is 0. The van der Waals surface area contributed by atoms with Gasteiger partial charge >= 0.3 is 0 Å². The van der Waals surface area contributed by atoms with Crippen molar-refractivity contribution in [2.75, 3.05) is 0 Å². The van der Waals surface area contributed by atoms with E-state index in [1.54, 1.807) is 0 Å². The van der Waals surface area contributed by atoms with Gasteiger partial charge in [0.1, 0.15) is 0 Å². The molecule has 186 valence electrons. The van der Waals surface area contributed by atoms with Gasteiger partial charge in [0.25, 0.3) is 0 Å². The Kier molecular flexibility index (Phi) is 7.27. The molecule has 7 aromatic carbocycles. The summed E-state index contributed by atoms with van der Waals surface area (Å²) in [4.78, 5) is 0. The molecule has 39 heavy (non-hydrogen) atoms. The van der Waals surface area contributed by atoms with Gasteiger partial charge in [-0.3, -0.25) is 0 Å². The van der Waals surface area contributed by atoms with E-state index in [1.165, 1.54) is 54.9 Å². The minimum absolute atomic E-state index is 1.10. The van der Waals surface area contributed by atoms with Gasteiger partial charge in [-0.15, -0.1) is 0 Å². The van der Waals surface area contributed by atoms with Crippen molar-refractivity contribution in [3.63, 3.8) is 0 Å². The third-order valence-electron chi connectivity index (χ3n) is 7.20. The van der Waals surface area contributed by atoms with E-state index in [0.29, 0.717) is 0 Å². The van der Waals surface area contributed by atoms with Crippen LogP contribution in [0.25, 0.3) is 43.8 Å². The van der Waals surface area contributed by atoms with E-state index in [4.69, 9.17) is 0 Å². The summed E-state index contributed by atoms with van der Waals surface area (Å²) >= 11 is 0. The highest BCUT2D eigenvalue weighted by molar-refractivity contribution is 5.98. The van der Waals surface area contributed by atoms with Crippen LogP contribution in [-0.2, 0) is 6.42 Å². The molecule has 0 heteroatoms. The number of benzene rings is 7. The molecule has 0 N–H and O–H groups in total. The molecule has 0 heterocycles. The zero-order valence-corrected chi connectivity index (χ0v) is 21.9. The second-order valence-electron chi connectivity index (χ2n) is 9.77. The van der Waals surface area contributed by atoms with E-state index >= 15 is 0 Å². The van der Waals surface area contributed by atoms with Crippen LogP contribution in [0.5, 0.6) is 0 Å². The molecule has 7 aromatic rings. The minimum atomic E-state index is 1.10. The molecular formula is C39H30. The van der Waals surface area contributed by atoms with E-state index in [0.717, 1.165) is 6.42 Å². The molecule has 0 amide bonds. The van der Waals surface area contributed by atoms with Crippen molar-refractivity contribution in [1.82, 2.24) is 0 Å².